The van der Waals surface area contributed by atoms with Crippen molar-refractivity contribution in [1.29, 1.82) is 0 Å². The molecule has 0 bridgehead atoms. The highest BCUT2D eigenvalue weighted by molar-refractivity contribution is 5.74. The molecule has 2 heteroatoms. The smallest absolute Gasteiger partial charge is 0.0760 e. The molecule has 0 saturated carbocycles. The van der Waals surface area contributed by atoms with Gasteiger partial charge in [0.15, 0.2) is 0 Å². The van der Waals surface area contributed by atoms with Crippen LogP contribution >= 0.6 is 0 Å². The molecule has 0 amide bonds. The van der Waals surface area contributed by atoms with Crippen LogP contribution in [-0.2, 0) is 0 Å². The van der Waals surface area contributed by atoms with E-state index in [-0.39, 0.29) is 0 Å². The van der Waals surface area contributed by atoms with Crippen LogP contribution in [0.25, 0.3) is 0 Å². The molecular weight excluding hydrogens is 196 g/mol. The summed E-state index contributed by atoms with van der Waals surface area (Å²) < 4.78 is 0. The molecule has 0 radical (unpaired) electrons. The van der Waals surface area contributed by atoms with Crippen LogP contribution in [-0.4, -0.2) is 36.3 Å². The first-order valence-corrected chi connectivity index (χ1v) is 6.57. The molecule has 2 unspecified atom stereocenters. The summed E-state index contributed by atoms with van der Waals surface area (Å²) >= 11 is 0. The summed E-state index contributed by atoms with van der Waals surface area (Å²) in [5.41, 5.74) is 1.44. The van der Waals surface area contributed by atoms with Gasteiger partial charge in [0.05, 0.1) is 6.04 Å². The standard InChI is InChI=1S/C14H20N2/c1-2-9-16(10-3-1)13-7-6-12-5-4-8-15-14(12)11-13/h4-6,8,13-14H,1-3,7,9-11H2. The lowest BCUT2D eigenvalue weighted by atomic mass is 9.88. The number of hydrogen-bond donors (Lipinski definition) is 0. The highest BCUT2D eigenvalue weighted by Crippen LogP contribution is 2.28. The fourth-order valence-corrected chi connectivity index (χ4v) is 3.11. The van der Waals surface area contributed by atoms with Gasteiger partial charge in [-0.2, -0.15) is 0 Å². The van der Waals surface area contributed by atoms with Crippen LogP contribution < -0.4 is 0 Å². The lowest BCUT2D eigenvalue weighted by molar-refractivity contribution is 0.149. The van der Waals surface area contributed by atoms with Crippen molar-refractivity contribution in [1.82, 2.24) is 4.90 Å². The van der Waals surface area contributed by atoms with Crippen molar-refractivity contribution in [2.75, 3.05) is 13.1 Å². The summed E-state index contributed by atoms with van der Waals surface area (Å²) in [6.45, 7) is 2.61. The second kappa shape index (κ2) is 4.54. The minimum Gasteiger partial charge on any atom is -0.300 e. The number of likely N-dealkylation sites (tertiary alicyclic amines) is 1. The predicted octanol–water partition coefficient (Wildman–Crippen LogP) is 2.57. The lowest BCUT2D eigenvalue weighted by Gasteiger charge is -2.38. The number of aliphatic imine (C=N–C) groups is 1. The molecule has 0 spiro atoms. The van der Waals surface area contributed by atoms with Gasteiger partial charge in [-0.05, 0) is 50.4 Å². The zero-order valence-electron chi connectivity index (χ0n) is 9.81. The summed E-state index contributed by atoms with van der Waals surface area (Å²) in [4.78, 5) is 7.27. The van der Waals surface area contributed by atoms with Crippen LogP contribution in [0.5, 0.6) is 0 Å². The molecule has 0 N–H and O–H groups in total. The molecule has 86 valence electrons. The van der Waals surface area contributed by atoms with Crippen molar-refractivity contribution in [3.8, 4) is 0 Å². The maximum atomic E-state index is 4.59. The monoisotopic (exact) mass is 216 g/mol. The van der Waals surface area contributed by atoms with Gasteiger partial charge in [-0.15, -0.1) is 0 Å². The van der Waals surface area contributed by atoms with Crippen LogP contribution in [0.15, 0.2) is 28.8 Å². The van der Waals surface area contributed by atoms with Crippen LogP contribution in [0, 0.1) is 0 Å². The SMILES string of the molecule is C1=CC2=CCC(N3CCCCC3)CC2N=C1. The number of allylic oxidation sites excluding steroid dienone is 1. The molecular formula is C14H20N2. The second-order valence-electron chi connectivity index (χ2n) is 5.10. The maximum absolute atomic E-state index is 4.59. The average Bonchev–Trinajstić information content (AvgIpc) is 2.39. The zero-order valence-corrected chi connectivity index (χ0v) is 9.81. The summed E-state index contributed by atoms with van der Waals surface area (Å²) in [7, 11) is 0. The Balaban J connectivity index is 1.69. The van der Waals surface area contributed by atoms with Crippen LogP contribution in [0.2, 0.25) is 0 Å². The van der Waals surface area contributed by atoms with Crippen LogP contribution in [0.3, 0.4) is 0 Å². The molecule has 0 aromatic heterocycles. The fraction of sp³-hybridized carbons (Fsp3) is 0.643. The van der Waals surface area contributed by atoms with Crippen LogP contribution in [0.1, 0.15) is 32.1 Å². The Kier molecular flexibility index (Phi) is 2.92. The van der Waals surface area contributed by atoms with Crippen molar-refractivity contribution in [2.24, 2.45) is 4.99 Å². The Morgan fingerprint density at radius 3 is 2.94 bits per heavy atom. The zero-order chi connectivity index (χ0) is 10.8. The molecule has 0 aromatic rings. The third kappa shape index (κ3) is 1.99. The largest absolute Gasteiger partial charge is 0.300 e. The molecule has 1 aliphatic carbocycles. The Hall–Kier alpha value is -0.890. The molecule has 2 nitrogen and oxygen atoms in total. The number of fused-ring (bicyclic) bond motifs is 1. The third-order valence-electron chi connectivity index (χ3n) is 4.05. The summed E-state index contributed by atoms with van der Waals surface area (Å²) in [6, 6.07) is 1.20. The van der Waals surface area contributed by atoms with E-state index in [9.17, 15) is 0 Å². The predicted molar refractivity (Wildman–Crippen MR) is 67.9 cm³/mol. The highest BCUT2D eigenvalue weighted by Gasteiger charge is 2.27. The van der Waals surface area contributed by atoms with Gasteiger partial charge in [-0.1, -0.05) is 18.6 Å². The molecule has 1 fully saturated rings. The van der Waals surface area contributed by atoms with E-state index in [0.717, 1.165) is 6.04 Å². The first kappa shape index (κ1) is 10.3. The molecule has 2 atom stereocenters. The second-order valence-corrected chi connectivity index (χ2v) is 5.10. The van der Waals surface area contributed by atoms with Gasteiger partial charge in [-0.3, -0.25) is 9.89 Å². The maximum Gasteiger partial charge on any atom is 0.0760 e. The normalized spacial score (nSPS) is 34.6. The Labute approximate surface area is 97.7 Å². The van der Waals surface area contributed by atoms with Gasteiger partial charge in [0.2, 0.25) is 0 Å². The van der Waals surface area contributed by atoms with E-state index in [1.165, 1.54) is 50.8 Å². The number of nitrogens with zero attached hydrogens (tertiary/aromatic N) is 2. The third-order valence-corrected chi connectivity index (χ3v) is 4.05. The van der Waals surface area contributed by atoms with E-state index in [0.29, 0.717) is 6.04 Å². The van der Waals surface area contributed by atoms with Gasteiger partial charge in [-0.25, -0.2) is 0 Å². The molecule has 2 heterocycles. The number of piperidine rings is 1. The van der Waals surface area contributed by atoms with Crippen molar-refractivity contribution < 1.29 is 0 Å². The summed E-state index contributed by atoms with van der Waals surface area (Å²) in [5, 5.41) is 0. The first-order valence-electron chi connectivity index (χ1n) is 6.57. The molecule has 16 heavy (non-hydrogen) atoms. The van der Waals surface area contributed by atoms with Gasteiger partial charge in [0.25, 0.3) is 0 Å². The van der Waals surface area contributed by atoms with Crippen molar-refractivity contribution in [3.05, 3.63) is 23.8 Å². The number of rotatable bonds is 1. The van der Waals surface area contributed by atoms with E-state index in [1.807, 2.05) is 6.21 Å². The molecule has 3 aliphatic rings. The van der Waals surface area contributed by atoms with Crippen molar-refractivity contribution in [3.63, 3.8) is 0 Å². The van der Waals surface area contributed by atoms with E-state index in [2.05, 4.69) is 28.1 Å². The Bertz CT molecular complexity index is 335. The topological polar surface area (TPSA) is 15.6 Å². The summed E-state index contributed by atoms with van der Waals surface area (Å²) in [6.07, 6.45) is 15.3. The minimum absolute atomic E-state index is 0.450. The first-order chi connectivity index (χ1) is 7.93. The molecule has 3 rings (SSSR count). The summed E-state index contributed by atoms with van der Waals surface area (Å²) in [5.74, 6) is 0. The Morgan fingerprint density at radius 2 is 2.06 bits per heavy atom. The highest BCUT2D eigenvalue weighted by atomic mass is 15.2. The average molecular weight is 216 g/mol. The minimum atomic E-state index is 0.450. The van der Waals surface area contributed by atoms with E-state index in [1.54, 1.807) is 0 Å². The van der Waals surface area contributed by atoms with E-state index in [4.69, 9.17) is 0 Å². The number of dihydropyridines is 1. The van der Waals surface area contributed by atoms with Gasteiger partial charge < -0.3 is 0 Å². The van der Waals surface area contributed by atoms with E-state index < -0.39 is 0 Å². The van der Waals surface area contributed by atoms with E-state index >= 15 is 0 Å². The lowest BCUT2D eigenvalue weighted by Crippen LogP contribution is -2.42. The molecule has 0 aromatic carbocycles. The fourth-order valence-electron chi connectivity index (χ4n) is 3.11. The quantitative estimate of drug-likeness (QED) is 0.658. The van der Waals surface area contributed by atoms with Gasteiger partial charge in [0.1, 0.15) is 0 Å². The number of hydrogen-bond acceptors (Lipinski definition) is 2. The van der Waals surface area contributed by atoms with Gasteiger partial charge in [0, 0.05) is 12.3 Å². The molecule has 1 saturated heterocycles. The Morgan fingerprint density at radius 1 is 1.19 bits per heavy atom. The van der Waals surface area contributed by atoms with Crippen LogP contribution in [0.4, 0.5) is 0 Å². The van der Waals surface area contributed by atoms with Crippen molar-refractivity contribution in [2.45, 2.75) is 44.2 Å². The van der Waals surface area contributed by atoms with Crippen molar-refractivity contribution >= 4 is 6.21 Å². The van der Waals surface area contributed by atoms with Gasteiger partial charge >= 0.3 is 0 Å². The molecule has 2 aliphatic heterocycles.